The molecule has 2 nitrogen and oxygen atoms in total. The topological polar surface area (TPSA) is 26.3 Å². The molecule has 0 heterocycles. The van der Waals surface area contributed by atoms with Gasteiger partial charge in [0.1, 0.15) is 6.10 Å². The summed E-state index contributed by atoms with van der Waals surface area (Å²) in [5.41, 5.74) is 4.17. The van der Waals surface area contributed by atoms with Crippen molar-refractivity contribution in [2.45, 2.75) is 119 Å². The van der Waals surface area contributed by atoms with Crippen LogP contribution >= 0.6 is 0 Å². The first-order valence-corrected chi connectivity index (χ1v) is 14.3. The maximum absolute atomic E-state index is 12.5. The minimum atomic E-state index is -0.0954. The van der Waals surface area contributed by atoms with Crippen LogP contribution in [0.3, 0.4) is 0 Å². The number of fused-ring (bicyclic) bond motifs is 7. The number of hydrogen-bond donors (Lipinski definition) is 0. The molecule has 4 fully saturated rings. The van der Waals surface area contributed by atoms with Crippen LogP contribution in [-0.4, -0.2) is 12.1 Å². The molecule has 34 heavy (non-hydrogen) atoms. The van der Waals surface area contributed by atoms with E-state index >= 15 is 0 Å². The second-order valence-electron chi connectivity index (χ2n) is 14.9. The Balaban J connectivity index is 1.67. The lowest BCUT2D eigenvalue weighted by Gasteiger charge is -2.72. The Morgan fingerprint density at radius 2 is 1.71 bits per heavy atom. The van der Waals surface area contributed by atoms with E-state index in [0.29, 0.717) is 39.9 Å². The van der Waals surface area contributed by atoms with E-state index < -0.39 is 0 Å². The molecular formula is C32H50O2. The average Bonchev–Trinajstić information content (AvgIpc) is 2.73. The molecule has 5 rings (SSSR count). The summed E-state index contributed by atoms with van der Waals surface area (Å²) in [5.74, 6) is 2.19. The van der Waals surface area contributed by atoms with E-state index in [1.54, 1.807) is 12.5 Å². The summed E-state index contributed by atoms with van der Waals surface area (Å²) in [4.78, 5) is 12.5. The second kappa shape index (κ2) is 7.48. The maximum Gasteiger partial charge on any atom is 0.302 e. The van der Waals surface area contributed by atoms with Crippen LogP contribution in [0.15, 0.2) is 23.8 Å². The molecule has 0 amide bonds. The van der Waals surface area contributed by atoms with Crippen LogP contribution in [0.2, 0.25) is 0 Å². The molecule has 5 aliphatic rings. The van der Waals surface area contributed by atoms with Crippen LogP contribution in [0.5, 0.6) is 0 Å². The third-order valence-electron chi connectivity index (χ3n) is 13.1. The van der Waals surface area contributed by atoms with E-state index in [-0.39, 0.29) is 22.9 Å². The fourth-order valence-corrected chi connectivity index (χ4v) is 11.0. The number of allylic oxidation sites excluding steroid dienone is 3. The number of rotatable bonds is 1. The molecular weight excluding hydrogens is 416 g/mol. The monoisotopic (exact) mass is 466 g/mol. The molecule has 0 radical (unpaired) electrons. The van der Waals surface area contributed by atoms with Crippen molar-refractivity contribution in [3.05, 3.63) is 23.8 Å². The van der Waals surface area contributed by atoms with Gasteiger partial charge in [-0.1, -0.05) is 78.7 Å². The molecule has 0 unspecified atom stereocenters. The van der Waals surface area contributed by atoms with Crippen molar-refractivity contribution >= 4 is 5.97 Å². The van der Waals surface area contributed by atoms with E-state index in [9.17, 15) is 4.79 Å². The second-order valence-corrected chi connectivity index (χ2v) is 14.9. The highest BCUT2D eigenvalue weighted by Crippen LogP contribution is 2.76. The molecule has 4 saturated carbocycles. The third-order valence-corrected chi connectivity index (χ3v) is 13.1. The first-order valence-electron chi connectivity index (χ1n) is 14.3. The lowest BCUT2D eigenvalue weighted by atomic mass is 9.33. The summed E-state index contributed by atoms with van der Waals surface area (Å²) < 4.78 is 6.39. The maximum atomic E-state index is 12.5. The van der Waals surface area contributed by atoms with Crippen molar-refractivity contribution in [1.82, 2.24) is 0 Å². The van der Waals surface area contributed by atoms with Crippen molar-refractivity contribution in [2.75, 3.05) is 0 Å². The summed E-state index contributed by atoms with van der Waals surface area (Å²) in [6.07, 6.45) is 13.8. The van der Waals surface area contributed by atoms with Gasteiger partial charge in [0, 0.05) is 12.3 Å². The summed E-state index contributed by atoms with van der Waals surface area (Å²) in [6, 6.07) is 0. The lowest BCUT2D eigenvalue weighted by Crippen LogP contribution is -2.68. The van der Waals surface area contributed by atoms with Crippen molar-refractivity contribution in [3.63, 3.8) is 0 Å². The van der Waals surface area contributed by atoms with E-state index in [4.69, 9.17) is 4.74 Å². The Kier molecular flexibility index (Phi) is 5.42. The van der Waals surface area contributed by atoms with Crippen LogP contribution in [0.25, 0.3) is 0 Å². The summed E-state index contributed by atoms with van der Waals surface area (Å²) >= 11 is 0. The van der Waals surface area contributed by atoms with Crippen LogP contribution in [0.4, 0.5) is 0 Å². The standard InChI is InChI=1S/C32H50O2/c1-20-13-16-29(6)17-18-31(8)23(27(29)21(20)2)11-12-24-30(7)15-10-14-28(4,5)25(30)19-26(32(24,31)9)34-22(3)33/h11,21,24-27H,1,10,12-19H2,2-9H3/t21-,24+,25-,26+,27+,29+,30+,31+,32-/m0/s1. The number of carbonyl (C=O) groups is 1. The first kappa shape index (κ1) is 24.6. The van der Waals surface area contributed by atoms with Crippen LogP contribution in [0, 0.1) is 50.7 Å². The van der Waals surface area contributed by atoms with Gasteiger partial charge in [0.2, 0.25) is 0 Å². The van der Waals surface area contributed by atoms with Gasteiger partial charge in [0.15, 0.2) is 0 Å². The highest BCUT2D eigenvalue weighted by Gasteiger charge is 2.70. The van der Waals surface area contributed by atoms with Crippen molar-refractivity contribution in [2.24, 2.45) is 50.7 Å². The molecule has 2 heteroatoms. The first-order chi connectivity index (χ1) is 15.7. The SMILES string of the molecule is C=C1CC[C@]2(C)CC[C@]3(C)C(=CC[C@@H]4[C@@]5(C)CCCC(C)(C)[C@@H]5C[C@@H](OC(C)=O)[C@]43C)[C@H]2[C@H]1C. The summed E-state index contributed by atoms with van der Waals surface area (Å²) in [6.45, 7) is 23.8. The largest absolute Gasteiger partial charge is 0.462 e. The smallest absolute Gasteiger partial charge is 0.302 e. The molecule has 0 aromatic carbocycles. The highest BCUT2D eigenvalue weighted by atomic mass is 16.5. The number of hydrogen-bond acceptors (Lipinski definition) is 2. The number of esters is 1. The van der Waals surface area contributed by atoms with E-state index in [0.717, 1.165) is 12.8 Å². The van der Waals surface area contributed by atoms with E-state index in [2.05, 4.69) is 61.1 Å². The van der Waals surface area contributed by atoms with Gasteiger partial charge in [-0.25, -0.2) is 0 Å². The Hall–Kier alpha value is -1.05. The van der Waals surface area contributed by atoms with Gasteiger partial charge in [0.25, 0.3) is 0 Å². The van der Waals surface area contributed by atoms with Gasteiger partial charge in [-0.2, -0.15) is 0 Å². The van der Waals surface area contributed by atoms with E-state index in [1.807, 2.05) is 0 Å². The normalized spacial score (nSPS) is 51.8. The predicted octanol–water partition coefficient (Wildman–Crippen LogP) is 8.52. The molecule has 5 aliphatic carbocycles. The number of carbonyl (C=O) groups excluding carboxylic acids is 1. The minimum absolute atomic E-state index is 0.00519. The molecule has 0 aliphatic heterocycles. The van der Waals surface area contributed by atoms with Crippen molar-refractivity contribution in [3.8, 4) is 0 Å². The van der Waals surface area contributed by atoms with Crippen molar-refractivity contribution < 1.29 is 9.53 Å². The zero-order chi connectivity index (χ0) is 24.9. The highest BCUT2D eigenvalue weighted by molar-refractivity contribution is 5.66. The van der Waals surface area contributed by atoms with Gasteiger partial charge >= 0.3 is 5.97 Å². The fourth-order valence-electron chi connectivity index (χ4n) is 11.0. The van der Waals surface area contributed by atoms with Gasteiger partial charge < -0.3 is 4.74 Å². The quantitative estimate of drug-likeness (QED) is 0.286. The molecule has 0 spiro atoms. The Bertz CT molecular complexity index is 927. The fraction of sp³-hybridized carbons (Fsp3) is 0.844. The van der Waals surface area contributed by atoms with E-state index in [1.165, 1.54) is 50.5 Å². The Labute approximate surface area is 209 Å². The zero-order valence-corrected chi connectivity index (χ0v) is 23.4. The van der Waals surface area contributed by atoms with Crippen LogP contribution in [-0.2, 0) is 9.53 Å². The zero-order valence-electron chi connectivity index (χ0n) is 23.4. The van der Waals surface area contributed by atoms with Crippen LogP contribution in [0.1, 0.15) is 113 Å². The lowest BCUT2D eigenvalue weighted by molar-refractivity contribution is -0.238. The molecule has 0 N–H and O–H groups in total. The molecule has 0 aromatic rings. The van der Waals surface area contributed by atoms with Gasteiger partial charge in [-0.3, -0.25) is 4.79 Å². The Morgan fingerprint density at radius 1 is 1.00 bits per heavy atom. The number of ether oxygens (including phenoxy) is 1. The predicted molar refractivity (Wildman–Crippen MR) is 140 cm³/mol. The molecule has 0 aromatic heterocycles. The van der Waals surface area contributed by atoms with Gasteiger partial charge in [-0.05, 0) is 96.7 Å². The van der Waals surface area contributed by atoms with Crippen molar-refractivity contribution in [1.29, 1.82) is 0 Å². The summed E-state index contributed by atoms with van der Waals surface area (Å²) in [7, 11) is 0. The van der Waals surface area contributed by atoms with Gasteiger partial charge in [-0.15, -0.1) is 0 Å². The molecule has 0 saturated heterocycles. The summed E-state index contributed by atoms with van der Waals surface area (Å²) in [5, 5.41) is 0. The molecule has 9 atom stereocenters. The molecule has 190 valence electrons. The Morgan fingerprint density at radius 3 is 2.38 bits per heavy atom. The average molecular weight is 467 g/mol. The minimum Gasteiger partial charge on any atom is -0.462 e. The molecule has 0 bridgehead atoms. The third kappa shape index (κ3) is 3.02. The van der Waals surface area contributed by atoms with Crippen LogP contribution < -0.4 is 0 Å². The van der Waals surface area contributed by atoms with Gasteiger partial charge in [0.05, 0.1) is 0 Å².